The summed E-state index contributed by atoms with van der Waals surface area (Å²) in [5.41, 5.74) is 6.65. The summed E-state index contributed by atoms with van der Waals surface area (Å²) in [4.78, 5) is 4.21. The van der Waals surface area contributed by atoms with Gasteiger partial charge in [-0.1, -0.05) is 24.3 Å². The van der Waals surface area contributed by atoms with E-state index in [2.05, 4.69) is 10.3 Å². The van der Waals surface area contributed by atoms with Crippen molar-refractivity contribution >= 4 is 35.6 Å². The van der Waals surface area contributed by atoms with E-state index in [0.717, 1.165) is 17.2 Å². The van der Waals surface area contributed by atoms with Crippen LogP contribution < -0.4 is 20.5 Å². The molecule has 0 heterocycles. The first-order valence-electron chi connectivity index (χ1n) is 6.67. The van der Waals surface area contributed by atoms with E-state index in [-0.39, 0.29) is 24.0 Å². The lowest BCUT2D eigenvalue weighted by atomic mass is 10.3. The highest BCUT2D eigenvalue weighted by atomic mass is 127. The van der Waals surface area contributed by atoms with Crippen LogP contribution in [0.1, 0.15) is 0 Å². The number of para-hydroxylation sites is 1. The molecule has 3 N–H and O–H groups in total. The molecule has 0 fully saturated rings. The third kappa shape index (κ3) is 6.21. The quantitative estimate of drug-likeness (QED) is 0.331. The van der Waals surface area contributed by atoms with Gasteiger partial charge in [-0.25, -0.2) is 4.99 Å². The van der Waals surface area contributed by atoms with E-state index in [9.17, 15) is 0 Å². The number of halogens is 1. The summed E-state index contributed by atoms with van der Waals surface area (Å²) in [6.45, 7) is 0.961. The van der Waals surface area contributed by atoms with E-state index in [1.54, 1.807) is 7.11 Å². The van der Waals surface area contributed by atoms with Crippen LogP contribution in [0, 0.1) is 0 Å². The molecule has 5 nitrogen and oxygen atoms in total. The summed E-state index contributed by atoms with van der Waals surface area (Å²) in [5.74, 6) is 1.94. The minimum atomic E-state index is 0. The van der Waals surface area contributed by atoms with Crippen LogP contribution in [0.15, 0.2) is 59.6 Å². The van der Waals surface area contributed by atoms with Crippen molar-refractivity contribution in [3.8, 4) is 11.5 Å². The van der Waals surface area contributed by atoms with Crippen LogP contribution >= 0.6 is 24.0 Å². The molecule has 0 aromatic heterocycles. The van der Waals surface area contributed by atoms with Crippen LogP contribution in [0.3, 0.4) is 0 Å². The summed E-state index contributed by atoms with van der Waals surface area (Å²) in [6.07, 6.45) is 0. The fourth-order valence-electron chi connectivity index (χ4n) is 1.73. The molecule has 0 bridgehead atoms. The molecule has 0 aliphatic rings. The lowest BCUT2D eigenvalue weighted by Gasteiger charge is -2.08. The number of benzene rings is 2. The summed E-state index contributed by atoms with van der Waals surface area (Å²) >= 11 is 0. The van der Waals surface area contributed by atoms with Crippen molar-refractivity contribution in [2.75, 3.05) is 25.6 Å². The lowest BCUT2D eigenvalue weighted by Crippen LogP contribution is -2.23. The summed E-state index contributed by atoms with van der Waals surface area (Å²) in [7, 11) is 1.62. The first kappa shape index (κ1) is 18.1. The van der Waals surface area contributed by atoms with E-state index in [1.165, 1.54) is 0 Å². The number of methoxy groups -OCH3 is 1. The molecule has 0 saturated carbocycles. The number of nitrogens with one attached hydrogen (secondary N) is 1. The van der Waals surface area contributed by atoms with Gasteiger partial charge in [0, 0.05) is 11.8 Å². The predicted octanol–water partition coefficient (Wildman–Crippen LogP) is 3.12. The zero-order chi connectivity index (χ0) is 14.9. The molecule has 0 amide bonds. The van der Waals surface area contributed by atoms with Gasteiger partial charge in [0.15, 0.2) is 5.96 Å². The fourth-order valence-corrected chi connectivity index (χ4v) is 1.73. The Morgan fingerprint density at radius 2 is 1.82 bits per heavy atom. The predicted molar refractivity (Wildman–Crippen MR) is 100 cm³/mol. The van der Waals surface area contributed by atoms with Crippen molar-refractivity contribution in [3.05, 3.63) is 54.6 Å². The minimum Gasteiger partial charge on any atom is -0.497 e. The number of ether oxygens (including phenoxy) is 2. The van der Waals surface area contributed by atoms with Gasteiger partial charge < -0.3 is 20.5 Å². The second kappa shape index (κ2) is 9.88. The highest BCUT2D eigenvalue weighted by Gasteiger charge is 1.97. The standard InChI is InChI=1S/C16H19N3O2.HI/c1-20-15-9-5-6-13(12-15)19-16(17)18-10-11-21-14-7-3-2-4-8-14;/h2-9,12H,10-11H2,1H3,(H3,17,18,19);1H. The first-order chi connectivity index (χ1) is 10.3. The van der Waals surface area contributed by atoms with Crippen molar-refractivity contribution < 1.29 is 9.47 Å². The molecule has 2 rings (SSSR count). The molecule has 0 aliphatic carbocycles. The monoisotopic (exact) mass is 413 g/mol. The van der Waals surface area contributed by atoms with Gasteiger partial charge in [0.25, 0.3) is 0 Å². The minimum absolute atomic E-state index is 0. The number of aliphatic imine (C=N–C) groups is 1. The largest absolute Gasteiger partial charge is 0.497 e. The number of hydrogen-bond acceptors (Lipinski definition) is 3. The van der Waals surface area contributed by atoms with Crippen molar-refractivity contribution in [2.24, 2.45) is 10.7 Å². The Balaban J connectivity index is 0.00000242. The number of nitrogens with two attached hydrogens (primary N) is 1. The van der Waals surface area contributed by atoms with Crippen LogP contribution in [0.4, 0.5) is 5.69 Å². The molecule has 0 spiro atoms. The van der Waals surface area contributed by atoms with Crippen molar-refractivity contribution in [3.63, 3.8) is 0 Å². The molecule has 2 aromatic carbocycles. The number of guanidine groups is 1. The maximum absolute atomic E-state index is 5.82. The SMILES string of the molecule is COc1cccc(NC(N)=NCCOc2ccccc2)c1.I. The zero-order valence-electron chi connectivity index (χ0n) is 12.4. The molecule has 0 atom stereocenters. The molecule has 6 heteroatoms. The van der Waals surface area contributed by atoms with Crippen LogP contribution in [0.5, 0.6) is 11.5 Å². The van der Waals surface area contributed by atoms with Crippen molar-refractivity contribution in [1.82, 2.24) is 0 Å². The van der Waals surface area contributed by atoms with Gasteiger partial charge in [0.2, 0.25) is 0 Å². The van der Waals surface area contributed by atoms with E-state index in [1.807, 2.05) is 54.6 Å². The Morgan fingerprint density at radius 1 is 1.09 bits per heavy atom. The lowest BCUT2D eigenvalue weighted by molar-refractivity contribution is 0.329. The Morgan fingerprint density at radius 3 is 2.55 bits per heavy atom. The third-order valence-corrected chi connectivity index (χ3v) is 2.73. The Hall–Kier alpha value is -1.96. The fraction of sp³-hybridized carbons (Fsp3) is 0.188. The van der Waals surface area contributed by atoms with E-state index >= 15 is 0 Å². The van der Waals surface area contributed by atoms with Gasteiger partial charge >= 0.3 is 0 Å². The Bertz CT molecular complexity index is 591. The summed E-state index contributed by atoms with van der Waals surface area (Å²) < 4.78 is 10.7. The molecule has 0 unspecified atom stereocenters. The van der Waals surface area contributed by atoms with E-state index in [0.29, 0.717) is 19.1 Å². The normalized spacial score (nSPS) is 10.5. The molecular formula is C16H20IN3O2. The van der Waals surface area contributed by atoms with Gasteiger partial charge in [-0.05, 0) is 24.3 Å². The van der Waals surface area contributed by atoms with E-state index < -0.39 is 0 Å². The van der Waals surface area contributed by atoms with Gasteiger partial charge in [0.1, 0.15) is 18.1 Å². The second-order valence-corrected chi connectivity index (χ2v) is 4.29. The molecule has 2 aromatic rings. The topological polar surface area (TPSA) is 68.9 Å². The first-order valence-corrected chi connectivity index (χ1v) is 6.67. The van der Waals surface area contributed by atoms with Gasteiger partial charge in [-0.15, -0.1) is 24.0 Å². The van der Waals surface area contributed by atoms with Gasteiger partial charge in [-0.3, -0.25) is 0 Å². The smallest absolute Gasteiger partial charge is 0.193 e. The van der Waals surface area contributed by atoms with Gasteiger partial charge in [-0.2, -0.15) is 0 Å². The van der Waals surface area contributed by atoms with Crippen LogP contribution in [-0.2, 0) is 0 Å². The highest BCUT2D eigenvalue weighted by molar-refractivity contribution is 14.0. The molecule has 0 radical (unpaired) electrons. The van der Waals surface area contributed by atoms with Crippen LogP contribution in [-0.4, -0.2) is 26.2 Å². The second-order valence-electron chi connectivity index (χ2n) is 4.29. The van der Waals surface area contributed by atoms with E-state index in [4.69, 9.17) is 15.2 Å². The summed E-state index contributed by atoms with van der Waals surface area (Å²) in [5, 5.41) is 3.01. The zero-order valence-corrected chi connectivity index (χ0v) is 14.7. The number of hydrogen-bond donors (Lipinski definition) is 2. The maximum atomic E-state index is 5.82. The number of rotatable bonds is 6. The average Bonchev–Trinajstić information content (AvgIpc) is 2.53. The molecule has 22 heavy (non-hydrogen) atoms. The Labute approximate surface area is 147 Å². The third-order valence-electron chi connectivity index (χ3n) is 2.73. The molecule has 0 aliphatic heterocycles. The van der Waals surface area contributed by atoms with Gasteiger partial charge in [0.05, 0.1) is 13.7 Å². The Kier molecular flexibility index (Phi) is 8.13. The molecular weight excluding hydrogens is 393 g/mol. The number of anilines is 1. The van der Waals surface area contributed by atoms with Crippen LogP contribution in [0.2, 0.25) is 0 Å². The number of nitrogens with zero attached hydrogens (tertiary/aromatic N) is 1. The van der Waals surface area contributed by atoms with Crippen molar-refractivity contribution in [1.29, 1.82) is 0 Å². The van der Waals surface area contributed by atoms with Crippen molar-refractivity contribution in [2.45, 2.75) is 0 Å². The average molecular weight is 413 g/mol. The molecule has 118 valence electrons. The summed E-state index contributed by atoms with van der Waals surface area (Å²) in [6, 6.07) is 17.1. The van der Waals surface area contributed by atoms with Crippen LogP contribution in [0.25, 0.3) is 0 Å². The highest BCUT2D eigenvalue weighted by Crippen LogP contribution is 2.16. The molecule has 0 saturated heterocycles. The maximum Gasteiger partial charge on any atom is 0.193 e.